The Morgan fingerprint density at radius 1 is 1.02 bits per heavy atom. The van der Waals surface area contributed by atoms with Crippen LogP contribution in [0.15, 0.2) is 66.9 Å². The van der Waals surface area contributed by atoms with Gasteiger partial charge in [-0.05, 0) is 41.3 Å². The molecule has 1 saturated heterocycles. The van der Waals surface area contributed by atoms with Crippen LogP contribution in [0.1, 0.15) is 44.9 Å². The molecule has 1 aromatic heterocycles. The number of amides is 3. The standard InChI is InChI=1S/C32H41N5O4/c1-32(2,3)31(41)37-16-8-12-28(37)30(40)36-27(18-22-13-14-23-9-4-5-10-24(23)17-22)29(39)35-21-26(38)20-33-19-25-11-6-7-15-34-25/h4-7,9-11,13-15,17,26-28,33,38H,8,12,16,18-21H2,1-3H3,(H,35,39)(H,36,40)/t26?,27-,28?/m1/s1. The molecule has 0 radical (unpaired) electrons. The minimum Gasteiger partial charge on any atom is -0.390 e. The average molecular weight is 560 g/mol. The number of nitrogens with one attached hydrogen (secondary N) is 3. The number of likely N-dealkylation sites (tertiary alicyclic amines) is 1. The number of carbonyl (C=O) groups is 3. The first-order chi connectivity index (χ1) is 19.6. The van der Waals surface area contributed by atoms with Crippen molar-refractivity contribution in [3.8, 4) is 0 Å². The lowest BCUT2D eigenvalue weighted by Gasteiger charge is -2.31. The van der Waals surface area contributed by atoms with E-state index in [1.807, 2.05) is 81.4 Å². The van der Waals surface area contributed by atoms with Crippen LogP contribution in [0.5, 0.6) is 0 Å². The topological polar surface area (TPSA) is 124 Å². The van der Waals surface area contributed by atoms with Gasteiger partial charge in [0.05, 0.1) is 11.8 Å². The molecule has 0 spiro atoms. The first-order valence-corrected chi connectivity index (χ1v) is 14.3. The quantitative estimate of drug-likeness (QED) is 0.286. The van der Waals surface area contributed by atoms with E-state index in [1.54, 1.807) is 11.1 Å². The van der Waals surface area contributed by atoms with E-state index in [9.17, 15) is 19.5 Å². The van der Waals surface area contributed by atoms with Crippen molar-refractivity contribution >= 4 is 28.5 Å². The first-order valence-electron chi connectivity index (χ1n) is 14.3. The van der Waals surface area contributed by atoms with Gasteiger partial charge in [0.25, 0.3) is 0 Å². The zero-order chi connectivity index (χ0) is 29.4. The van der Waals surface area contributed by atoms with Crippen molar-refractivity contribution in [3.63, 3.8) is 0 Å². The third-order valence-electron chi connectivity index (χ3n) is 7.27. The van der Waals surface area contributed by atoms with E-state index in [4.69, 9.17) is 0 Å². The summed E-state index contributed by atoms with van der Waals surface area (Å²) in [7, 11) is 0. The van der Waals surface area contributed by atoms with E-state index < -0.39 is 23.6 Å². The maximum atomic E-state index is 13.5. The number of hydrogen-bond donors (Lipinski definition) is 4. The molecular formula is C32H41N5O4. The molecule has 9 nitrogen and oxygen atoms in total. The maximum Gasteiger partial charge on any atom is 0.243 e. The Balaban J connectivity index is 1.42. The van der Waals surface area contributed by atoms with E-state index >= 15 is 0 Å². The van der Waals surface area contributed by atoms with Crippen molar-refractivity contribution < 1.29 is 19.5 Å². The van der Waals surface area contributed by atoms with E-state index in [0.717, 1.165) is 28.5 Å². The molecule has 3 amide bonds. The average Bonchev–Trinajstić information content (AvgIpc) is 3.45. The van der Waals surface area contributed by atoms with Crippen molar-refractivity contribution in [2.24, 2.45) is 5.41 Å². The Hall–Kier alpha value is -3.82. The van der Waals surface area contributed by atoms with Gasteiger partial charge in [-0.25, -0.2) is 0 Å². The molecule has 0 bridgehead atoms. The lowest BCUT2D eigenvalue weighted by molar-refractivity contribution is -0.145. The Labute approximate surface area is 241 Å². The summed E-state index contributed by atoms with van der Waals surface area (Å²) in [4.78, 5) is 45.7. The Kier molecular flexibility index (Phi) is 10.1. The van der Waals surface area contributed by atoms with Gasteiger partial charge in [-0.1, -0.05) is 69.3 Å². The second kappa shape index (κ2) is 13.7. The highest BCUT2D eigenvalue weighted by Crippen LogP contribution is 2.26. The van der Waals surface area contributed by atoms with Gasteiger partial charge in [0.1, 0.15) is 12.1 Å². The molecule has 0 aliphatic carbocycles. The van der Waals surface area contributed by atoms with Crippen molar-refractivity contribution in [2.45, 2.75) is 64.8 Å². The van der Waals surface area contributed by atoms with Gasteiger partial charge >= 0.3 is 0 Å². The summed E-state index contributed by atoms with van der Waals surface area (Å²) in [5, 5.41) is 21.5. The van der Waals surface area contributed by atoms with E-state index in [-0.39, 0.29) is 37.2 Å². The zero-order valence-corrected chi connectivity index (χ0v) is 24.1. The molecule has 1 aliphatic heterocycles. The molecule has 1 aliphatic rings. The fraction of sp³-hybridized carbons (Fsp3) is 0.438. The second-order valence-electron chi connectivity index (χ2n) is 11.7. The van der Waals surface area contributed by atoms with Crippen LogP contribution in [0.4, 0.5) is 0 Å². The Morgan fingerprint density at radius 3 is 2.51 bits per heavy atom. The van der Waals surface area contributed by atoms with Crippen LogP contribution in [0.2, 0.25) is 0 Å². The Morgan fingerprint density at radius 2 is 1.78 bits per heavy atom. The summed E-state index contributed by atoms with van der Waals surface area (Å²) in [6.45, 7) is 6.84. The number of pyridine rings is 1. The van der Waals surface area contributed by atoms with Crippen LogP contribution in [0.25, 0.3) is 10.8 Å². The van der Waals surface area contributed by atoms with Crippen LogP contribution in [0, 0.1) is 5.41 Å². The number of aliphatic hydroxyl groups excluding tert-OH is 1. The molecule has 2 heterocycles. The summed E-state index contributed by atoms with van der Waals surface area (Å²) >= 11 is 0. The first kappa shape index (κ1) is 30.1. The van der Waals surface area contributed by atoms with Gasteiger partial charge in [-0.3, -0.25) is 19.4 Å². The summed E-state index contributed by atoms with van der Waals surface area (Å²) in [6, 6.07) is 18.1. The fourth-order valence-corrected chi connectivity index (χ4v) is 5.08. The van der Waals surface area contributed by atoms with Gasteiger partial charge in [-0.15, -0.1) is 0 Å². The number of aliphatic hydroxyl groups is 1. The van der Waals surface area contributed by atoms with Crippen molar-refractivity contribution in [1.82, 2.24) is 25.8 Å². The third-order valence-corrected chi connectivity index (χ3v) is 7.27. The molecule has 1 fully saturated rings. The maximum absolute atomic E-state index is 13.5. The van der Waals surface area contributed by atoms with Gasteiger partial charge in [0.15, 0.2) is 0 Å². The second-order valence-corrected chi connectivity index (χ2v) is 11.7. The zero-order valence-electron chi connectivity index (χ0n) is 24.1. The smallest absolute Gasteiger partial charge is 0.243 e. The number of benzene rings is 2. The van der Waals surface area contributed by atoms with E-state index in [2.05, 4.69) is 20.9 Å². The summed E-state index contributed by atoms with van der Waals surface area (Å²) < 4.78 is 0. The van der Waals surface area contributed by atoms with Gasteiger partial charge in [0.2, 0.25) is 17.7 Å². The molecule has 2 aromatic carbocycles. The highest BCUT2D eigenvalue weighted by molar-refractivity contribution is 5.93. The Bertz CT molecular complexity index is 1340. The highest BCUT2D eigenvalue weighted by atomic mass is 16.3. The minimum atomic E-state index is -0.871. The SMILES string of the molecule is CC(C)(C)C(=O)N1CCCC1C(=O)N[C@H](Cc1ccc2ccccc2c1)C(=O)NCC(O)CNCc1ccccn1. The molecule has 4 rings (SSSR count). The molecule has 4 N–H and O–H groups in total. The molecule has 41 heavy (non-hydrogen) atoms. The molecule has 3 aromatic rings. The summed E-state index contributed by atoms with van der Waals surface area (Å²) in [6.07, 6.45) is 2.45. The molecule has 9 heteroatoms. The highest BCUT2D eigenvalue weighted by Gasteiger charge is 2.39. The predicted molar refractivity (Wildman–Crippen MR) is 159 cm³/mol. The minimum absolute atomic E-state index is 0.0240. The van der Waals surface area contributed by atoms with Gasteiger partial charge < -0.3 is 26.0 Å². The normalized spacial score (nSPS) is 16.8. The molecule has 0 saturated carbocycles. The number of rotatable bonds is 11. The predicted octanol–water partition coefficient (Wildman–Crippen LogP) is 2.57. The molecule has 2 unspecified atom stereocenters. The number of hydrogen-bond acceptors (Lipinski definition) is 6. The van der Waals surface area contributed by atoms with Crippen LogP contribution < -0.4 is 16.0 Å². The van der Waals surface area contributed by atoms with Crippen molar-refractivity contribution in [1.29, 1.82) is 0 Å². The lowest BCUT2D eigenvalue weighted by Crippen LogP contribution is -2.55. The largest absolute Gasteiger partial charge is 0.390 e. The van der Waals surface area contributed by atoms with Crippen LogP contribution in [-0.4, -0.2) is 70.5 Å². The number of carbonyl (C=O) groups excluding carboxylic acids is 3. The molecule has 218 valence electrons. The van der Waals surface area contributed by atoms with Crippen molar-refractivity contribution in [2.75, 3.05) is 19.6 Å². The summed E-state index contributed by atoms with van der Waals surface area (Å²) in [5.41, 5.74) is 1.15. The monoisotopic (exact) mass is 559 g/mol. The molecular weight excluding hydrogens is 518 g/mol. The fourth-order valence-electron chi connectivity index (χ4n) is 5.08. The van der Waals surface area contributed by atoms with E-state index in [1.165, 1.54) is 0 Å². The molecule has 3 atom stereocenters. The van der Waals surface area contributed by atoms with Crippen LogP contribution in [0.3, 0.4) is 0 Å². The van der Waals surface area contributed by atoms with Gasteiger partial charge in [0, 0.05) is 44.2 Å². The van der Waals surface area contributed by atoms with E-state index in [0.29, 0.717) is 19.5 Å². The number of fused-ring (bicyclic) bond motifs is 1. The van der Waals surface area contributed by atoms with Crippen molar-refractivity contribution in [3.05, 3.63) is 78.1 Å². The van der Waals surface area contributed by atoms with Gasteiger partial charge in [-0.2, -0.15) is 0 Å². The van der Waals surface area contributed by atoms with Crippen LogP contribution >= 0.6 is 0 Å². The number of nitrogens with zero attached hydrogens (tertiary/aromatic N) is 2. The number of aromatic nitrogens is 1. The third kappa shape index (κ3) is 8.34. The van der Waals surface area contributed by atoms with Crippen LogP contribution in [-0.2, 0) is 27.3 Å². The lowest BCUT2D eigenvalue weighted by atomic mass is 9.94. The summed E-state index contributed by atoms with van der Waals surface area (Å²) in [5.74, 6) is -0.799.